The molecule has 2 rings (SSSR count). The van der Waals surface area contributed by atoms with Crippen LogP contribution in [0, 0.1) is 0 Å². The fourth-order valence-electron chi connectivity index (χ4n) is 2.21. The van der Waals surface area contributed by atoms with Crippen LogP contribution in [0.25, 0.3) is 0 Å². The average Bonchev–Trinajstić information content (AvgIpc) is 2.74. The Morgan fingerprint density at radius 3 is 2.95 bits per heavy atom. The van der Waals surface area contributed by atoms with Gasteiger partial charge < -0.3 is 20.1 Å². The maximum Gasteiger partial charge on any atom is 0.315 e. The SMILES string of the molecule is CCNC(=O)NCc1cc2c(cc1OC)CC(C)O2. The molecule has 2 amide bonds. The van der Waals surface area contributed by atoms with Crippen molar-refractivity contribution < 1.29 is 14.3 Å². The largest absolute Gasteiger partial charge is 0.496 e. The molecular formula is C14H20N2O3. The molecule has 5 nitrogen and oxygen atoms in total. The van der Waals surface area contributed by atoms with E-state index in [-0.39, 0.29) is 12.1 Å². The Morgan fingerprint density at radius 2 is 2.26 bits per heavy atom. The molecule has 1 unspecified atom stereocenters. The van der Waals surface area contributed by atoms with Crippen molar-refractivity contribution in [3.63, 3.8) is 0 Å². The predicted octanol–water partition coefficient (Wildman–Crippen LogP) is 1.84. The molecule has 1 aliphatic heterocycles. The summed E-state index contributed by atoms with van der Waals surface area (Å²) >= 11 is 0. The lowest BCUT2D eigenvalue weighted by atomic mass is 10.1. The summed E-state index contributed by atoms with van der Waals surface area (Å²) in [4.78, 5) is 11.4. The van der Waals surface area contributed by atoms with Crippen molar-refractivity contribution in [3.8, 4) is 11.5 Å². The minimum atomic E-state index is -0.181. The van der Waals surface area contributed by atoms with Crippen LogP contribution in [0.3, 0.4) is 0 Å². The Bertz CT molecular complexity index is 474. The summed E-state index contributed by atoms with van der Waals surface area (Å²) < 4.78 is 11.1. The van der Waals surface area contributed by atoms with Crippen molar-refractivity contribution in [1.29, 1.82) is 0 Å². The quantitative estimate of drug-likeness (QED) is 0.872. The van der Waals surface area contributed by atoms with Gasteiger partial charge in [0, 0.05) is 30.6 Å². The van der Waals surface area contributed by atoms with Gasteiger partial charge in [-0.05, 0) is 26.0 Å². The Hall–Kier alpha value is -1.91. The molecule has 0 saturated carbocycles. The van der Waals surface area contributed by atoms with Crippen LogP contribution in [0.1, 0.15) is 25.0 Å². The van der Waals surface area contributed by atoms with Crippen molar-refractivity contribution >= 4 is 6.03 Å². The van der Waals surface area contributed by atoms with Crippen LogP contribution in [-0.4, -0.2) is 25.8 Å². The van der Waals surface area contributed by atoms with E-state index in [1.807, 2.05) is 26.0 Å². The van der Waals surface area contributed by atoms with E-state index in [2.05, 4.69) is 10.6 Å². The first kappa shape index (κ1) is 13.5. The van der Waals surface area contributed by atoms with Crippen molar-refractivity contribution in [1.82, 2.24) is 10.6 Å². The smallest absolute Gasteiger partial charge is 0.315 e. The van der Waals surface area contributed by atoms with Gasteiger partial charge in [0.2, 0.25) is 0 Å². The van der Waals surface area contributed by atoms with Gasteiger partial charge in [-0.1, -0.05) is 0 Å². The molecule has 0 aliphatic carbocycles. The lowest BCUT2D eigenvalue weighted by Gasteiger charge is -2.12. The lowest BCUT2D eigenvalue weighted by molar-refractivity contribution is 0.240. The van der Waals surface area contributed by atoms with Gasteiger partial charge in [0.25, 0.3) is 0 Å². The summed E-state index contributed by atoms with van der Waals surface area (Å²) in [5.74, 6) is 1.68. The van der Waals surface area contributed by atoms with E-state index in [1.54, 1.807) is 7.11 Å². The monoisotopic (exact) mass is 264 g/mol. The number of ether oxygens (including phenoxy) is 2. The van der Waals surface area contributed by atoms with Crippen LogP contribution in [0.4, 0.5) is 4.79 Å². The molecule has 0 spiro atoms. The predicted molar refractivity (Wildman–Crippen MR) is 72.7 cm³/mol. The summed E-state index contributed by atoms with van der Waals surface area (Å²) in [5.41, 5.74) is 2.08. The zero-order valence-electron chi connectivity index (χ0n) is 11.6. The lowest BCUT2D eigenvalue weighted by Crippen LogP contribution is -2.34. The third kappa shape index (κ3) is 3.10. The summed E-state index contributed by atoms with van der Waals surface area (Å²) in [5, 5.41) is 5.48. The first-order valence-corrected chi connectivity index (χ1v) is 6.52. The molecule has 0 fully saturated rings. The maximum absolute atomic E-state index is 11.4. The zero-order chi connectivity index (χ0) is 13.8. The van der Waals surface area contributed by atoms with Gasteiger partial charge in [0.05, 0.1) is 7.11 Å². The van der Waals surface area contributed by atoms with Gasteiger partial charge in [-0.2, -0.15) is 0 Å². The molecule has 0 saturated heterocycles. The molecule has 1 atom stereocenters. The molecule has 19 heavy (non-hydrogen) atoms. The summed E-state index contributed by atoms with van der Waals surface area (Å²) in [6, 6.07) is 3.76. The van der Waals surface area contributed by atoms with Crippen molar-refractivity contribution in [3.05, 3.63) is 23.3 Å². The second kappa shape index (κ2) is 5.82. The molecule has 1 heterocycles. The molecule has 0 bridgehead atoms. The highest BCUT2D eigenvalue weighted by molar-refractivity contribution is 5.73. The number of rotatable bonds is 4. The first-order valence-electron chi connectivity index (χ1n) is 6.52. The van der Waals surface area contributed by atoms with E-state index >= 15 is 0 Å². The van der Waals surface area contributed by atoms with E-state index in [4.69, 9.17) is 9.47 Å². The van der Waals surface area contributed by atoms with Crippen LogP contribution in [0.5, 0.6) is 11.5 Å². The van der Waals surface area contributed by atoms with Gasteiger partial charge in [0.15, 0.2) is 0 Å². The van der Waals surface area contributed by atoms with E-state index in [0.717, 1.165) is 29.0 Å². The summed E-state index contributed by atoms with van der Waals surface area (Å²) in [6.07, 6.45) is 1.10. The summed E-state index contributed by atoms with van der Waals surface area (Å²) in [7, 11) is 1.64. The number of carbonyl (C=O) groups is 1. The van der Waals surface area contributed by atoms with Crippen LogP contribution in [0.2, 0.25) is 0 Å². The fourth-order valence-corrected chi connectivity index (χ4v) is 2.21. The van der Waals surface area contributed by atoms with Gasteiger partial charge in [-0.15, -0.1) is 0 Å². The van der Waals surface area contributed by atoms with Crippen LogP contribution >= 0.6 is 0 Å². The van der Waals surface area contributed by atoms with E-state index < -0.39 is 0 Å². The molecule has 1 aromatic carbocycles. The highest BCUT2D eigenvalue weighted by Crippen LogP contribution is 2.34. The summed E-state index contributed by atoms with van der Waals surface area (Å²) in [6.45, 7) is 4.94. The number of hydrogen-bond acceptors (Lipinski definition) is 3. The van der Waals surface area contributed by atoms with Crippen LogP contribution < -0.4 is 20.1 Å². The molecule has 1 aromatic rings. The normalized spacial score (nSPS) is 16.5. The van der Waals surface area contributed by atoms with E-state index in [0.29, 0.717) is 13.1 Å². The first-order chi connectivity index (χ1) is 9.13. The molecule has 1 aliphatic rings. The maximum atomic E-state index is 11.4. The number of nitrogens with one attached hydrogen (secondary N) is 2. The van der Waals surface area contributed by atoms with E-state index in [1.165, 1.54) is 0 Å². The number of amides is 2. The third-order valence-corrected chi connectivity index (χ3v) is 3.08. The fraction of sp³-hybridized carbons (Fsp3) is 0.500. The third-order valence-electron chi connectivity index (χ3n) is 3.08. The molecular weight excluding hydrogens is 244 g/mol. The highest BCUT2D eigenvalue weighted by Gasteiger charge is 2.21. The van der Waals surface area contributed by atoms with Crippen molar-refractivity contribution in [2.75, 3.05) is 13.7 Å². The number of benzene rings is 1. The van der Waals surface area contributed by atoms with Gasteiger partial charge >= 0.3 is 6.03 Å². The molecule has 0 aromatic heterocycles. The van der Waals surface area contributed by atoms with Crippen LogP contribution in [-0.2, 0) is 13.0 Å². The Balaban J connectivity index is 2.12. The molecule has 2 N–H and O–H groups in total. The highest BCUT2D eigenvalue weighted by atomic mass is 16.5. The second-order valence-corrected chi connectivity index (χ2v) is 4.62. The number of hydrogen-bond donors (Lipinski definition) is 2. The minimum absolute atomic E-state index is 0.181. The van der Waals surface area contributed by atoms with Crippen molar-refractivity contribution in [2.45, 2.75) is 32.9 Å². The van der Waals surface area contributed by atoms with Gasteiger partial charge in [-0.25, -0.2) is 4.79 Å². The Kier molecular flexibility index (Phi) is 4.14. The molecule has 5 heteroatoms. The molecule has 104 valence electrons. The minimum Gasteiger partial charge on any atom is -0.496 e. The topological polar surface area (TPSA) is 59.6 Å². The Morgan fingerprint density at radius 1 is 1.47 bits per heavy atom. The average molecular weight is 264 g/mol. The van der Waals surface area contributed by atoms with Crippen LogP contribution in [0.15, 0.2) is 12.1 Å². The van der Waals surface area contributed by atoms with Gasteiger partial charge in [0.1, 0.15) is 17.6 Å². The Labute approximate surface area is 113 Å². The van der Waals surface area contributed by atoms with E-state index in [9.17, 15) is 4.79 Å². The standard InChI is InChI=1S/C14H20N2O3/c1-4-15-14(17)16-8-11-7-13-10(5-9(2)19-13)6-12(11)18-3/h6-7,9H,4-5,8H2,1-3H3,(H2,15,16,17). The number of carbonyl (C=O) groups excluding carboxylic acids is 1. The van der Waals surface area contributed by atoms with Crippen molar-refractivity contribution in [2.24, 2.45) is 0 Å². The number of urea groups is 1. The second-order valence-electron chi connectivity index (χ2n) is 4.62. The number of methoxy groups -OCH3 is 1. The zero-order valence-corrected chi connectivity index (χ0v) is 11.6. The van der Waals surface area contributed by atoms with Gasteiger partial charge in [-0.3, -0.25) is 0 Å². The number of fused-ring (bicyclic) bond motifs is 1. The molecule has 0 radical (unpaired) electrons.